The fourth-order valence-corrected chi connectivity index (χ4v) is 5.07. The van der Waals surface area contributed by atoms with Gasteiger partial charge in [0.1, 0.15) is 5.82 Å². The first-order chi connectivity index (χ1) is 18.8. The van der Waals surface area contributed by atoms with Crippen molar-refractivity contribution in [2.45, 2.75) is 37.3 Å². The van der Waals surface area contributed by atoms with Gasteiger partial charge in [0.15, 0.2) is 9.84 Å². The van der Waals surface area contributed by atoms with Gasteiger partial charge in [0.2, 0.25) is 0 Å². The molecule has 1 saturated heterocycles. The predicted molar refractivity (Wildman–Crippen MR) is 148 cm³/mol. The molecule has 10 nitrogen and oxygen atoms in total. The number of rotatable bonds is 9. The minimum Gasteiger partial charge on any atom is -0.376 e. The summed E-state index contributed by atoms with van der Waals surface area (Å²) in [6.45, 7) is 4.73. The Morgan fingerprint density at radius 1 is 1.10 bits per heavy atom. The van der Waals surface area contributed by atoms with Gasteiger partial charge >= 0.3 is 0 Å². The SMILES string of the molecule is CCN(C[C@H]1CCCO1)c1cccc(-c2ccc3cnc(CNC(=O)c4cncc(S(C)(=O)=O)c4)cc3n2)n1. The first kappa shape index (κ1) is 26.6. The lowest BCUT2D eigenvalue weighted by Gasteiger charge is -2.25. The van der Waals surface area contributed by atoms with Crippen molar-refractivity contribution < 1.29 is 17.9 Å². The maximum absolute atomic E-state index is 12.6. The molecule has 1 aliphatic rings. The standard InChI is InChI=1S/C28H30N6O4S/c1-3-34(18-22-6-5-11-38-22)27-8-4-7-24(33-27)25-10-9-19-15-30-21(13-26(19)32-25)16-31-28(35)20-12-23(17-29-14-20)39(2,36)37/h4,7-10,12-15,17,22H,3,5-6,11,16,18H2,1-2H3,(H,31,35)/t22-/m1/s1. The molecule has 1 aliphatic heterocycles. The highest BCUT2D eigenvalue weighted by atomic mass is 32.2. The molecule has 1 amide bonds. The number of likely N-dealkylation sites (N-methyl/N-ethyl adjacent to an activating group) is 1. The molecule has 39 heavy (non-hydrogen) atoms. The Labute approximate surface area is 227 Å². The molecular weight excluding hydrogens is 516 g/mol. The molecule has 0 spiro atoms. The fraction of sp³-hybridized carbons (Fsp3) is 0.321. The van der Waals surface area contributed by atoms with Crippen LogP contribution in [-0.4, -0.2) is 66.3 Å². The highest BCUT2D eigenvalue weighted by Gasteiger charge is 2.20. The van der Waals surface area contributed by atoms with Crippen LogP contribution in [0.1, 0.15) is 35.8 Å². The van der Waals surface area contributed by atoms with E-state index in [1.807, 2.05) is 36.4 Å². The third-order valence-corrected chi connectivity index (χ3v) is 7.69. The first-order valence-corrected chi connectivity index (χ1v) is 14.7. The maximum Gasteiger partial charge on any atom is 0.253 e. The molecule has 11 heteroatoms. The van der Waals surface area contributed by atoms with Crippen LogP contribution >= 0.6 is 0 Å². The fourth-order valence-electron chi connectivity index (χ4n) is 4.48. The molecule has 0 unspecified atom stereocenters. The van der Waals surface area contributed by atoms with E-state index in [1.165, 1.54) is 18.5 Å². The molecule has 202 valence electrons. The molecule has 1 fully saturated rings. The van der Waals surface area contributed by atoms with Gasteiger partial charge < -0.3 is 15.0 Å². The van der Waals surface area contributed by atoms with Gasteiger partial charge in [0.05, 0.1) is 45.7 Å². The topological polar surface area (TPSA) is 127 Å². The number of sulfone groups is 1. The number of carbonyl (C=O) groups excluding carboxylic acids is 1. The summed E-state index contributed by atoms with van der Waals surface area (Å²) in [4.78, 5) is 32.8. The summed E-state index contributed by atoms with van der Waals surface area (Å²) in [6.07, 6.45) is 7.74. The second-order valence-corrected chi connectivity index (χ2v) is 11.5. The van der Waals surface area contributed by atoms with Gasteiger partial charge in [-0.2, -0.15) is 0 Å². The van der Waals surface area contributed by atoms with E-state index in [-0.39, 0.29) is 23.1 Å². The molecule has 5 heterocycles. The molecule has 0 saturated carbocycles. The Balaban J connectivity index is 1.32. The number of aromatic nitrogens is 4. The summed E-state index contributed by atoms with van der Waals surface area (Å²) in [5.41, 5.74) is 3.01. The van der Waals surface area contributed by atoms with Gasteiger partial charge in [-0.1, -0.05) is 6.07 Å². The zero-order valence-corrected chi connectivity index (χ0v) is 22.7. The number of hydrogen-bond donors (Lipinski definition) is 1. The molecule has 0 bridgehead atoms. The average Bonchev–Trinajstić information content (AvgIpc) is 3.47. The van der Waals surface area contributed by atoms with Crippen molar-refractivity contribution in [3.63, 3.8) is 0 Å². The van der Waals surface area contributed by atoms with Crippen LogP contribution in [0.25, 0.3) is 22.3 Å². The minimum atomic E-state index is -3.47. The minimum absolute atomic E-state index is 0.0117. The lowest BCUT2D eigenvalue weighted by Crippen LogP contribution is -2.32. The van der Waals surface area contributed by atoms with Crippen molar-refractivity contribution in [2.24, 2.45) is 0 Å². The van der Waals surface area contributed by atoms with Crippen molar-refractivity contribution in [3.05, 3.63) is 72.3 Å². The summed E-state index contributed by atoms with van der Waals surface area (Å²) in [6, 6.07) is 12.9. The summed E-state index contributed by atoms with van der Waals surface area (Å²) < 4.78 is 29.4. The molecule has 0 radical (unpaired) electrons. The Bertz CT molecular complexity index is 1600. The van der Waals surface area contributed by atoms with Crippen LogP contribution in [-0.2, 0) is 21.1 Å². The second-order valence-electron chi connectivity index (χ2n) is 9.48. The van der Waals surface area contributed by atoms with Crippen molar-refractivity contribution in [1.29, 1.82) is 0 Å². The predicted octanol–water partition coefficient (Wildman–Crippen LogP) is 3.43. The Morgan fingerprint density at radius 3 is 2.72 bits per heavy atom. The van der Waals surface area contributed by atoms with Gasteiger partial charge in [-0.25, -0.2) is 18.4 Å². The van der Waals surface area contributed by atoms with Gasteiger partial charge in [0.25, 0.3) is 5.91 Å². The lowest BCUT2D eigenvalue weighted by molar-refractivity contribution is 0.0949. The zero-order valence-electron chi connectivity index (χ0n) is 21.9. The van der Waals surface area contributed by atoms with Gasteiger partial charge in [-0.15, -0.1) is 0 Å². The number of hydrogen-bond acceptors (Lipinski definition) is 9. The van der Waals surface area contributed by atoms with E-state index in [0.717, 1.165) is 66.9 Å². The number of fused-ring (bicyclic) bond motifs is 1. The normalized spacial score (nSPS) is 15.4. The smallest absolute Gasteiger partial charge is 0.253 e. The summed E-state index contributed by atoms with van der Waals surface area (Å²) >= 11 is 0. The molecule has 0 aromatic carbocycles. The average molecular weight is 547 g/mol. The van der Waals surface area contributed by atoms with Crippen LogP contribution in [0, 0.1) is 0 Å². The van der Waals surface area contributed by atoms with Crippen LogP contribution < -0.4 is 10.2 Å². The highest BCUT2D eigenvalue weighted by molar-refractivity contribution is 7.90. The number of pyridine rings is 4. The Kier molecular flexibility index (Phi) is 7.80. The van der Waals surface area contributed by atoms with E-state index >= 15 is 0 Å². The number of anilines is 1. The van der Waals surface area contributed by atoms with Crippen LogP contribution in [0.15, 0.2) is 66.0 Å². The zero-order chi connectivity index (χ0) is 27.4. The monoisotopic (exact) mass is 546 g/mol. The van der Waals surface area contributed by atoms with Crippen LogP contribution in [0.5, 0.6) is 0 Å². The van der Waals surface area contributed by atoms with Gasteiger partial charge in [0, 0.05) is 49.9 Å². The summed E-state index contributed by atoms with van der Waals surface area (Å²) in [5, 5.41) is 3.63. The van der Waals surface area contributed by atoms with Crippen LogP contribution in [0.2, 0.25) is 0 Å². The summed E-state index contributed by atoms with van der Waals surface area (Å²) in [7, 11) is -3.47. The number of amides is 1. The molecule has 0 aliphatic carbocycles. The van der Waals surface area contributed by atoms with Gasteiger partial charge in [-0.3, -0.25) is 14.8 Å². The Hall–Kier alpha value is -3.96. The number of nitrogens with one attached hydrogen (secondary N) is 1. The molecule has 4 aromatic rings. The van der Waals surface area contributed by atoms with Crippen molar-refractivity contribution in [3.8, 4) is 11.4 Å². The maximum atomic E-state index is 12.6. The van der Waals surface area contributed by atoms with Gasteiger partial charge in [-0.05, 0) is 56.2 Å². The highest BCUT2D eigenvalue weighted by Crippen LogP contribution is 2.23. The molecule has 4 aromatic heterocycles. The molecule has 5 rings (SSSR count). The number of ether oxygens (including phenoxy) is 1. The third kappa shape index (κ3) is 6.37. The first-order valence-electron chi connectivity index (χ1n) is 12.8. The van der Waals surface area contributed by atoms with Crippen molar-refractivity contribution >= 4 is 32.5 Å². The lowest BCUT2D eigenvalue weighted by atomic mass is 10.2. The molecule has 1 atom stereocenters. The van der Waals surface area contributed by atoms with E-state index in [9.17, 15) is 13.2 Å². The van der Waals surface area contributed by atoms with Crippen molar-refractivity contribution in [1.82, 2.24) is 25.3 Å². The largest absolute Gasteiger partial charge is 0.376 e. The number of nitrogens with zero attached hydrogens (tertiary/aromatic N) is 5. The van der Waals surface area contributed by atoms with Crippen LogP contribution in [0.3, 0.4) is 0 Å². The quantitative estimate of drug-likeness (QED) is 0.336. The van der Waals surface area contributed by atoms with Crippen LogP contribution in [0.4, 0.5) is 5.82 Å². The third-order valence-electron chi connectivity index (χ3n) is 6.61. The second kappa shape index (κ2) is 11.4. The van der Waals surface area contributed by atoms with E-state index in [1.54, 1.807) is 6.20 Å². The summed E-state index contributed by atoms with van der Waals surface area (Å²) in [5.74, 6) is 0.445. The Morgan fingerprint density at radius 2 is 1.95 bits per heavy atom. The molecular formula is C28H30N6O4S. The van der Waals surface area contributed by atoms with E-state index in [4.69, 9.17) is 14.7 Å². The van der Waals surface area contributed by atoms with E-state index in [0.29, 0.717) is 5.69 Å². The van der Waals surface area contributed by atoms with Crippen molar-refractivity contribution in [2.75, 3.05) is 30.9 Å². The molecule has 1 N–H and O–H groups in total. The van der Waals surface area contributed by atoms with E-state index < -0.39 is 15.7 Å². The number of carbonyl (C=O) groups is 1. The van der Waals surface area contributed by atoms with E-state index in [2.05, 4.69) is 27.1 Å².